The highest BCUT2D eigenvalue weighted by Crippen LogP contribution is 2.29. The highest BCUT2D eigenvalue weighted by atomic mass is 32.2. The molecule has 0 bridgehead atoms. The summed E-state index contributed by atoms with van der Waals surface area (Å²) in [5.74, 6) is 0.917. The Balaban J connectivity index is 1.90. The maximum atomic E-state index is 12.2. The van der Waals surface area contributed by atoms with E-state index in [1.165, 1.54) is 18.9 Å². The van der Waals surface area contributed by atoms with Crippen molar-refractivity contribution < 1.29 is 18.7 Å². The van der Waals surface area contributed by atoms with Crippen molar-refractivity contribution >= 4 is 23.8 Å². The monoisotopic (exact) mass is 400 g/mol. The van der Waals surface area contributed by atoms with Crippen LogP contribution in [0, 0.1) is 6.92 Å². The molecule has 8 nitrogen and oxygen atoms in total. The SMILES string of the molecule is COC(=O)NC(=O)[C@H](C)Sc1nnc(-c2ccoc2C)n1Cc1ccccc1. The number of aryl methyl sites for hydroxylation is 1. The molecule has 0 saturated heterocycles. The number of benzene rings is 1. The number of thioether (sulfide) groups is 1. The van der Waals surface area contributed by atoms with Gasteiger partial charge in [0.25, 0.3) is 0 Å². The van der Waals surface area contributed by atoms with E-state index in [0.29, 0.717) is 17.5 Å². The van der Waals surface area contributed by atoms with Crippen LogP contribution in [0.4, 0.5) is 4.79 Å². The van der Waals surface area contributed by atoms with E-state index in [1.807, 2.05) is 47.9 Å². The molecule has 0 saturated carbocycles. The zero-order chi connectivity index (χ0) is 20.1. The zero-order valence-electron chi connectivity index (χ0n) is 15.7. The summed E-state index contributed by atoms with van der Waals surface area (Å²) in [5.41, 5.74) is 1.90. The predicted molar refractivity (Wildman–Crippen MR) is 104 cm³/mol. The first-order valence-electron chi connectivity index (χ1n) is 8.56. The zero-order valence-corrected chi connectivity index (χ0v) is 16.5. The van der Waals surface area contributed by atoms with Crippen molar-refractivity contribution in [3.8, 4) is 11.4 Å². The van der Waals surface area contributed by atoms with Crippen molar-refractivity contribution in [1.82, 2.24) is 20.1 Å². The van der Waals surface area contributed by atoms with Gasteiger partial charge in [-0.1, -0.05) is 42.1 Å². The number of imide groups is 1. The lowest BCUT2D eigenvalue weighted by Crippen LogP contribution is -2.36. The van der Waals surface area contributed by atoms with Gasteiger partial charge in [-0.05, 0) is 25.5 Å². The molecule has 2 aromatic heterocycles. The molecule has 146 valence electrons. The second-order valence-electron chi connectivity index (χ2n) is 6.01. The number of alkyl carbamates (subject to hydrolysis) is 1. The molecular formula is C19H20N4O4S. The Bertz CT molecular complexity index is 967. The molecule has 1 atom stereocenters. The molecule has 0 fully saturated rings. The summed E-state index contributed by atoms with van der Waals surface area (Å²) in [5, 5.41) is 10.7. The Morgan fingerprint density at radius 1 is 1.25 bits per heavy atom. The first-order chi connectivity index (χ1) is 13.5. The number of nitrogens with one attached hydrogen (secondary N) is 1. The minimum absolute atomic E-state index is 0.466. The number of carbonyl (C=O) groups excluding carboxylic acids is 2. The van der Waals surface area contributed by atoms with E-state index in [4.69, 9.17) is 4.42 Å². The van der Waals surface area contributed by atoms with Crippen molar-refractivity contribution in [1.29, 1.82) is 0 Å². The number of hydrogen-bond acceptors (Lipinski definition) is 7. The largest absolute Gasteiger partial charge is 0.469 e. The summed E-state index contributed by atoms with van der Waals surface area (Å²) >= 11 is 1.21. The molecule has 3 rings (SSSR count). The number of carbonyl (C=O) groups is 2. The average molecular weight is 400 g/mol. The van der Waals surface area contributed by atoms with E-state index in [2.05, 4.69) is 20.3 Å². The third-order valence-corrected chi connectivity index (χ3v) is 5.14. The molecule has 9 heteroatoms. The number of furan rings is 1. The molecular weight excluding hydrogens is 380 g/mol. The average Bonchev–Trinajstić information content (AvgIpc) is 3.28. The number of rotatable bonds is 6. The summed E-state index contributed by atoms with van der Waals surface area (Å²) in [6.07, 6.45) is 0.809. The quantitative estimate of drug-likeness (QED) is 0.634. The normalized spacial score (nSPS) is 11.8. The highest BCUT2D eigenvalue weighted by Gasteiger charge is 2.23. The van der Waals surface area contributed by atoms with Gasteiger partial charge < -0.3 is 9.15 Å². The van der Waals surface area contributed by atoms with E-state index < -0.39 is 17.3 Å². The van der Waals surface area contributed by atoms with Crippen molar-refractivity contribution in [3.63, 3.8) is 0 Å². The molecule has 1 aromatic carbocycles. The second kappa shape index (κ2) is 8.75. The molecule has 0 radical (unpaired) electrons. The first kappa shape index (κ1) is 19.7. The molecule has 3 aromatic rings. The molecule has 2 heterocycles. The fourth-order valence-corrected chi connectivity index (χ4v) is 3.41. The van der Waals surface area contributed by atoms with Crippen LogP contribution in [0.15, 0.2) is 52.2 Å². The van der Waals surface area contributed by atoms with Gasteiger partial charge in [0.15, 0.2) is 11.0 Å². The molecule has 1 N–H and O–H groups in total. The van der Waals surface area contributed by atoms with Crippen LogP contribution in [-0.2, 0) is 16.1 Å². The van der Waals surface area contributed by atoms with Gasteiger partial charge in [0, 0.05) is 0 Å². The van der Waals surface area contributed by atoms with Gasteiger partial charge in [0.05, 0.1) is 30.7 Å². The molecule has 0 aliphatic carbocycles. The first-order valence-corrected chi connectivity index (χ1v) is 9.44. The van der Waals surface area contributed by atoms with Gasteiger partial charge in [-0.2, -0.15) is 0 Å². The van der Waals surface area contributed by atoms with E-state index in [1.54, 1.807) is 13.2 Å². The van der Waals surface area contributed by atoms with E-state index >= 15 is 0 Å². The van der Waals surface area contributed by atoms with Crippen LogP contribution in [0.1, 0.15) is 18.2 Å². The maximum absolute atomic E-state index is 12.2. The fraction of sp³-hybridized carbons (Fsp3) is 0.263. The Labute approximate surface area is 166 Å². The molecule has 0 spiro atoms. The van der Waals surface area contributed by atoms with Gasteiger partial charge >= 0.3 is 6.09 Å². The third kappa shape index (κ3) is 4.42. The number of hydrogen-bond donors (Lipinski definition) is 1. The molecule has 28 heavy (non-hydrogen) atoms. The Morgan fingerprint density at radius 3 is 2.64 bits per heavy atom. The molecule has 2 amide bonds. The summed E-state index contributed by atoms with van der Waals surface area (Å²) in [4.78, 5) is 23.4. The van der Waals surface area contributed by atoms with Crippen LogP contribution < -0.4 is 5.32 Å². The molecule has 0 unspecified atom stereocenters. The lowest BCUT2D eigenvalue weighted by molar-refractivity contribution is -0.119. The fourth-order valence-electron chi connectivity index (χ4n) is 2.57. The maximum Gasteiger partial charge on any atom is 0.413 e. The molecule has 0 aliphatic heterocycles. The number of methoxy groups -OCH3 is 1. The Hall–Kier alpha value is -3.07. The number of nitrogens with zero attached hydrogens (tertiary/aromatic N) is 3. The number of amides is 2. The van der Waals surface area contributed by atoms with Gasteiger partial charge in [-0.3, -0.25) is 14.7 Å². The van der Waals surface area contributed by atoms with Crippen LogP contribution in [0.5, 0.6) is 0 Å². The van der Waals surface area contributed by atoms with Crippen molar-refractivity contribution in [2.45, 2.75) is 30.8 Å². The predicted octanol–water partition coefficient (Wildman–Crippen LogP) is 3.26. The minimum Gasteiger partial charge on any atom is -0.469 e. The van der Waals surface area contributed by atoms with Crippen LogP contribution in [0.25, 0.3) is 11.4 Å². The third-order valence-electron chi connectivity index (χ3n) is 4.06. The Morgan fingerprint density at radius 2 is 2.00 bits per heavy atom. The summed E-state index contributed by atoms with van der Waals surface area (Å²) in [6, 6.07) is 11.7. The lowest BCUT2D eigenvalue weighted by atomic mass is 10.2. The van der Waals surface area contributed by atoms with E-state index in [9.17, 15) is 9.59 Å². The van der Waals surface area contributed by atoms with Crippen LogP contribution in [-0.4, -0.2) is 39.1 Å². The highest BCUT2D eigenvalue weighted by molar-refractivity contribution is 8.00. The van der Waals surface area contributed by atoms with Gasteiger partial charge in [-0.15, -0.1) is 10.2 Å². The van der Waals surface area contributed by atoms with Crippen LogP contribution in [0.3, 0.4) is 0 Å². The standard InChI is InChI=1S/C19H20N4O4S/c1-12-15(9-10-27-12)16-21-22-18(23(16)11-14-7-5-4-6-8-14)28-13(2)17(24)20-19(25)26-3/h4-10,13H,11H2,1-3H3,(H,20,24,25)/t13-/m0/s1. The minimum atomic E-state index is -0.794. The Kier molecular flexibility index (Phi) is 6.15. The van der Waals surface area contributed by atoms with E-state index in [0.717, 1.165) is 16.9 Å². The number of ether oxygens (including phenoxy) is 1. The van der Waals surface area contributed by atoms with E-state index in [-0.39, 0.29) is 0 Å². The van der Waals surface area contributed by atoms with Crippen molar-refractivity contribution in [3.05, 3.63) is 54.0 Å². The summed E-state index contributed by atoms with van der Waals surface area (Å²) < 4.78 is 11.8. The number of aromatic nitrogens is 3. The van der Waals surface area contributed by atoms with Gasteiger partial charge in [0.2, 0.25) is 5.91 Å². The smallest absolute Gasteiger partial charge is 0.413 e. The lowest BCUT2D eigenvalue weighted by Gasteiger charge is -2.13. The van der Waals surface area contributed by atoms with Gasteiger partial charge in [-0.25, -0.2) is 4.79 Å². The van der Waals surface area contributed by atoms with Crippen LogP contribution >= 0.6 is 11.8 Å². The van der Waals surface area contributed by atoms with Gasteiger partial charge in [0.1, 0.15) is 5.76 Å². The summed E-state index contributed by atoms with van der Waals surface area (Å²) in [6.45, 7) is 4.07. The van der Waals surface area contributed by atoms with Crippen molar-refractivity contribution in [2.24, 2.45) is 0 Å². The van der Waals surface area contributed by atoms with Crippen LogP contribution in [0.2, 0.25) is 0 Å². The summed E-state index contributed by atoms with van der Waals surface area (Å²) in [7, 11) is 1.20. The topological polar surface area (TPSA) is 99.2 Å². The molecule has 0 aliphatic rings. The van der Waals surface area contributed by atoms with Crippen molar-refractivity contribution in [2.75, 3.05) is 7.11 Å². The second-order valence-corrected chi connectivity index (χ2v) is 7.32.